The van der Waals surface area contributed by atoms with Gasteiger partial charge in [-0.15, -0.1) is 0 Å². The first-order valence-corrected chi connectivity index (χ1v) is 9.77. The molecule has 29 heavy (non-hydrogen) atoms. The van der Waals surface area contributed by atoms with E-state index in [0.717, 1.165) is 12.5 Å². The fraction of sp³-hybridized carbons (Fsp3) is 0.429. The zero-order chi connectivity index (χ0) is 20.8. The van der Waals surface area contributed by atoms with E-state index in [1.807, 2.05) is 6.92 Å². The molecule has 5 nitrogen and oxygen atoms in total. The molecule has 1 unspecified atom stereocenters. The summed E-state index contributed by atoms with van der Waals surface area (Å²) in [6, 6.07) is 6.62. The number of guanidine groups is 1. The summed E-state index contributed by atoms with van der Waals surface area (Å²) in [4.78, 5) is 12.6. The number of piperazine rings is 1. The molecule has 1 fully saturated rings. The molecule has 0 bridgehead atoms. The number of nitrogens with one attached hydrogen (secondary N) is 1. The molecule has 1 aliphatic rings. The first-order chi connectivity index (χ1) is 14.0. The van der Waals surface area contributed by atoms with Gasteiger partial charge in [0.2, 0.25) is 0 Å². The molecule has 8 heteroatoms. The van der Waals surface area contributed by atoms with Gasteiger partial charge in [-0.1, -0.05) is 13.0 Å². The van der Waals surface area contributed by atoms with Crippen molar-refractivity contribution in [3.63, 3.8) is 0 Å². The van der Waals surface area contributed by atoms with Gasteiger partial charge in [0.05, 0.1) is 12.2 Å². The van der Waals surface area contributed by atoms with E-state index in [2.05, 4.69) is 25.1 Å². The summed E-state index contributed by atoms with van der Waals surface area (Å²) < 4.78 is 41.3. The van der Waals surface area contributed by atoms with Crippen molar-refractivity contribution >= 4 is 5.96 Å². The van der Waals surface area contributed by atoms with Crippen LogP contribution in [0.15, 0.2) is 41.5 Å². The Morgan fingerprint density at radius 3 is 2.52 bits per heavy atom. The highest BCUT2D eigenvalue weighted by molar-refractivity contribution is 5.79. The van der Waals surface area contributed by atoms with E-state index < -0.39 is 11.6 Å². The number of pyridine rings is 1. The van der Waals surface area contributed by atoms with Gasteiger partial charge in [-0.2, -0.15) is 0 Å². The van der Waals surface area contributed by atoms with Gasteiger partial charge in [-0.3, -0.25) is 14.9 Å². The van der Waals surface area contributed by atoms with Crippen molar-refractivity contribution in [3.05, 3.63) is 65.2 Å². The van der Waals surface area contributed by atoms with E-state index in [4.69, 9.17) is 0 Å². The molecule has 2 heterocycles. The molecule has 0 spiro atoms. The molecule has 0 saturated carbocycles. The van der Waals surface area contributed by atoms with Crippen LogP contribution >= 0.6 is 0 Å². The Morgan fingerprint density at radius 1 is 1.14 bits per heavy atom. The lowest BCUT2D eigenvalue weighted by Gasteiger charge is -2.40. The van der Waals surface area contributed by atoms with Crippen LogP contribution in [0.4, 0.5) is 13.2 Å². The van der Waals surface area contributed by atoms with Crippen molar-refractivity contribution < 1.29 is 13.2 Å². The Balaban J connectivity index is 1.60. The van der Waals surface area contributed by atoms with Gasteiger partial charge in [0.25, 0.3) is 0 Å². The van der Waals surface area contributed by atoms with Gasteiger partial charge in [0.1, 0.15) is 17.5 Å². The highest BCUT2D eigenvalue weighted by Crippen LogP contribution is 2.28. The van der Waals surface area contributed by atoms with E-state index in [0.29, 0.717) is 43.4 Å². The van der Waals surface area contributed by atoms with Crippen LogP contribution in [-0.4, -0.2) is 54.0 Å². The van der Waals surface area contributed by atoms with Crippen molar-refractivity contribution in [2.75, 3.05) is 33.2 Å². The smallest absolute Gasteiger partial charge is 0.194 e. The molecule has 0 radical (unpaired) electrons. The van der Waals surface area contributed by atoms with Crippen LogP contribution in [0.5, 0.6) is 0 Å². The number of aromatic nitrogens is 1. The predicted octanol–water partition coefficient (Wildman–Crippen LogP) is 3.34. The average molecular weight is 405 g/mol. The van der Waals surface area contributed by atoms with E-state index in [-0.39, 0.29) is 18.4 Å². The summed E-state index contributed by atoms with van der Waals surface area (Å²) >= 11 is 0. The summed E-state index contributed by atoms with van der Waals surface area (Å²) in [6.45, 7) is 5.08. The van der Waals surface area contributed by atoms with Crippen molar-refractivity contribution in [1.29, 1.82) is 0 Å². The first-order valence-electron chi connectivity index (χ1n) is 9.77. The SMILES string of the molecule is CCC(c1ccc(F)cc1F)N1CCN(C(=NC)NCc2ncccc2F)CC1. The summed E-state index contributed by atoms with van der Waals surface area (Å²) in [5.74, 6) is -0.748. The largest absolute Gasteiger partial charge is 0.350 e. The Morgan fingerprint density at radius 2 is 1.90 bits per heavy atom. The molecule has 156 valence electrons. The maximum atomic E-state index is 14.3. The quantitative estimate of drug-likeness (QED) is 0.612. The van der Waals surface area contributed by atoms with Crippen molar-refractivity contribution in [1.82, 2.24) is 20.1 Å². The third-order valence-corrected chi connectivity index (χ3v) is 5.22. The zero-order valence-corrected chi connectivity index (χ0v) is 16.7. The Bertz CT molecular complexity index is 850. The number of benzene rings is 1. The Labute approximate surface area is 169 Å². The van der Waals surface area contributed by atoms with Gasteiger partial charge in [-0.05, 0) is 24.6 Å². The van der Waals surface area contributed by atoms with Crippen LogP contribution in [0.2, 0.25) is 0 Å². The van der Waals surface area contributed by atoms with Crippen LogP contribution in [0, 0.1) is 17.5 Å². The lowest BCUT2D eigenvalue weighted by molar-refractivity contribution is 0.124. The van der Waals surface area contributed by atoms with Gasteiger partial charge >= 0.3 is 0 Å². The van der Waals surface area contributed by atoms with Crippen molar-refractivity contribution in [3.8, 4) is 0 Å². The lowest BCUT2D eigenvalue weighted by atomic mass is 10.0. The fourth-order valence-corrected chi connectivity index (χ4v) is 3.74. The molecule has 3 rings (SSSR count). The van der Waals surface area contributed by atoms with Gasteiger partial charge < -0.3 is 10.2 Å². The van der Waals surface area contributed by atoms with Gasteiger partial charge in [0, 0.05) is 57.1 Å². The second kappa shape index (κ2) is 9.73. The number of halogens is 3. The zero-order valence-electron chi connectivity index (χ0n) is 16.7. The maximum absolute atomic E-state index is 14.3. The third kappa shape index (κ3) is 5.06. The minimum absolute atomic E-state index is 0.102. The molecule has 1 atom stereocenters. The summed E-state index contributed by atoms with van der Waals surface area (Å²) in [5.41, 5.74) is 0.862. The summed E-state index contributed by atoms with van der Waals surface area (Å²) in [7, 11) is 1.69. The van der Waals surface area contributed by atoms with E-state index in [1.165, 1.54) is 18.2 Å². The molecule has 1 aromatic carbocycles. The molecule has 1 aromatic heterocycles. The second-order valence-electron chi connectivity index (χ2n) is 6.95. The minimum atomic E-state index is -0.565. The monoisotopic (exact) mass is 405 g/mol. The topological polar surface area (TPSA) is 43.8 Å². The lowest BCUT2D eigenvalue weighted by Crippen LogP contribution is -2.53. The van der Waals surface area contributed by atoms with E-state index in [1.54, 1.807) is 19.3 Å². The average Bonchev–Trinajstić information content (AvgIpc) is 2.72. The van der Waals surface area contributed by atoms with Crippen LogP contribution < -0.4 is 5.32 Å². The highest BCUT2D eigenvalue weighted by Gasteiger charge is 2.27. The number of aliphatic imine (C=N–C) groups is 1. The van der Waals surface area contributed by atoms with Crippen molar-refractivity contribution in [2.45, 2.75) is 25.9 Å². The number of hydrogen-bond acceptors (Lipinski definition) is 3. The summed E-state index contributed by atoms with van der Waals surface area (Å²) in [6.07, 6.45) is 2.29. The Kier molecular flexibility index (Phi) is 7.09. The molecule has 1 saturated heterocycles. The second-order valence-corrected chi connectivity index (χ2v) is 6.95. The van der Waals surface area contributed by atoms with Crippen LogP contribution in [0.1, 0.15) is 30.6 Å². The highest BCUT2D eigenvalue weighted by atomic mass is 19.1. The molecular formula is C21H26F3N5. The fourth-order valence-electron chi connectivity index (χ4n) is 3.74. The molecule has 2 aromatic rings. The molecule has 0 aliphatic carbocycles. The number of hydrogen-bond donors (Lipinski definition) is 1. The normalized spacial score (nSPS) is 16.7. The molecule has 0 amide bonds. The summed E-state index contributed by atoms with van der Waals surface area (Å²) in [5, 5.41) is 3.15. The van der Waals surface area contributed by atoms with Crippen LogP contribution in [0.3, 0.4) is 0 Å². The van der Waals surface area contributed by atoms with E-state index in [9.17, 15) is 13.2 Å². The van der Waals surface area contributed by atoms with Crippen LogP contribution in [-0.2, 0) is 6.54 Å². The number of rotatable bonds is 5. The minimum Gasteiger partial charge on any atom is -0.350 e. The van der Waals surface area contributed by atoms with Crippen molar-refractivity contribution in [2.24, 2.45) is 4.99 Å². The predicted molar refractivity (Wildman–Crippen MR) is 107 cm³/mol. The molecule has 1 N–H and O–H groups in total. The number of nitrogens with zero attached hydrogens (tertiary/aromatic N) is 4. The standard InChI is InChI=1S/C21H26F3N5/c1-3-20(16-7-6-15(22)13-18(16)24)28-9-11-29(12-10-28)21(25-2)27-14-19-17(23)5-4-8-26-19/h4-8,13,20H,3,9-12,14H2,1-2H3,(H,25,27). The third-order valence-electron chi connectivity index (χ3n) is 5.22. The maximum Gasteiger partial charge on any atom is 0.194 e. The van der Waals surface area contributed by atoms with Gasteiger partial charge in [-0.25, -0.2) is 13.2 Å². The molecular weight excluding hydrogens is 379 g/mol. The van der Waals surface area contributed by atoms with Gasteiger partial charge in [0.15, 0.2) is 5.96 Å². The first kappa shape index (κ1) is 21.1. The van der Waals surface area contributed by atoms with E-state index >= 15 is 0 Å². The van der Waals surface area contributed by atoms with Crippen LogP contribution in [0.25, 0.3) is 0 Å². The molecule has 1 aliphatic heterocycles. The Hall–Kier alpha value is -2.61.